The summed E-state index contributed by atoms with van der Waals surface area (Å²) in [6, 6.07) is 12.9. The molecule has 1 heteroatoms. The minimum Gasteiger partial charge on any atom is -0.117 e. The van der Waals surface area contributed by atoms with Crippen LogP contribution in [0.3, 0.4) is 0 Å². The van der Waals surface area contributed by atoms with Gasteiger partial charge in [-0.15, -0.1) is 11.6 Å². The third-order valence-corrected chi connectivity index (χ3v) is 4.93. The molecule has 1 aliphatic carbocycles. The monoisotopic (exact) mass is 258 g/mol. The van der Waals surface area contributed by atoms with E-state index in [-0.39, 0.29) is 5.38 Å². The van der Waals surface area contributed by atoms with E-state index in [1.807, 2.05) is 0 Å². The van der Waals surface area contributed by atoms with Crippen LogP contribution in [0, 0.1) is 18.3 Å². The third kappa shape index (κ3) is 1.83. The van der Waals surface area contributed by atoms with Crippen molar-refractivity contribution in [2.45, 2.75) is 32.6 Å². The van der Waals surface area contributed by atoms with Crippen LogP contribution < -0.4 is 0 Å². The second-order valence-electron chi connectivity index (χ2n) is 6.22. The summed E-state index contributed by atoms with van der Waals surface area (Å²) in [6.07, 6.45) is 1.24. The van der Waals surface area contributed by atoms with Crippen molar-refractivity contribution in [3.8, 4) is 0 Å². The lowest BCUT2D eigenvalue weighted by molar-refractivity contribution is 0.548. The van der Waals surface area contributed by atoms with Gasteiger partial charge in [-0.3, -0.25) is 0 Å². The Morgan fingerprint density at radius 1 is 1.17 bits per heavy atom. The van der Waals surface area contributed by atoms with Crippen LogP contribution in [-0.2, 0) is 0 Å². The smallest absolute Gasteiger partial charge is 0.0627 e. The van der Waals surface area contributed by atoms with Crippen LogP contribution in [-0.4, -0.2) is 0 Å². The van der Waals surface area contributed by atoms with Crippen LogP contribution >= 0.6 is 11.6 Å². The molecule has 2 aromatic rings. The lowest BCUT2D eigenvalue weighted by Crippen LogP contribution is -2.02. The maximum absolute atomic E-state index is 6.77. The first-order chi connectivity index (χ1) is 8.50. The van der Waals surface area contributed by atoms with Crippen molar-refractivity contribution in [1.82, 2.24) is 0 Å². The summed E-state index contributed by atoms with van der Waals surface area (Å²) < 4.78 is 0. The Hall–Kier alpha value is -1.01. The standard InChI is InChI=1S/C17H19Cl/c1-11-8-9-12-6-4-5-7-13(12)15(11)16(18)14-10-17(14,2)3/h4-9,14,16H,10H2,1-3H3. The van der Waals surface area contributed by atoms with Crippen molar-refractivity contribution < 1.29 is 0 Å². The second kappa shape index (κ2) is 3.99. The number of hydrogen-bond acceptors (Lipinski definition) is 0. The average molecular weight is 259 g/mol. The predicted molar refractivity (Wildman–Crippen MR) is 79.2 cm³/mol. The number of aryl methyl sites for hydroxylation is 1. The average Bonchev–Trinajstić information content (AvgIpc) is 2.98. The van der Waals surface area contributed by atoms with Crippen molar-refractivity contribution in [3.63, 3.8) is 0 Å². The van der Waals surface area contributed by atoms with Crippen LogP contribution in [0.4, 0.5) is 0 Å². The van der Waals surface area contributed by atoms with Crippen molar-refractivity contribution in [3.05, 3.63) is 47.5 Å². The molecule has 3 rings (SSSR count). The number of rotatable bonds is 2. The van der Waals surface area contributed by atoms with Gasteiger partial charge in [0.2, 0.25) is 0 Å². The van der Waals surface area contributed by atoms with Crippen molar-refractivity contribution >= 4 is 22.4 Å². The molecule has 1 aliphatic rings. The summed E-state index contributed by atoms with van der Waals surface area (Å²) in [6.45, 7) is 6.80. The van der Waals surface area contributed by atoms with Gasteiger partial charge in [-0.1, -0.05) is 50.2 Å². The first kappa shape index (κ1) is 12.0. The van der Waals surface area contributed by atoms with Gasteiger partial charge in [0.15, 0.2) is 0 Å². The van der Waals surface area contributed by atoms with E-state index in [0.717, 1.165) is 0 Å². The fourth-order valence-electron chi connectivity index (χ4n) is 2.98. The zero-order valence-corrected chi connectivity index (χ0v) is 12.0. The molecule has 0 nitrogen and oxygen atoms in total. The molecule has 0 amide bonds. The lowest BCUT2D eigenvalue weighted by Gasteiger charge is -2.17. The molecule has 2 unspecified atom stereocenters. The SMILES string of the molecule is Cc1ccc2ccccc2c1C(Cl)C1CC1(C)C. The van der Waals surface area contributed by atoms with Gasteiger partial charge in [0.1, 0.15) is 0 Å². The highest BCUT2D eigenvalue weighted by Crippen LogP contribution is 2.60. The molecule has 0 bridgehead atoms. The van der Waals surface area contributed by atoms with Gasteiger partial charge in [0.25, 0.3) is 0 Å². The maximum Gasteiger partial charge on any atom is 0.0627 e. The van der Waals surface area contributed by atoms with E-state index in [1.165, 1.54) is 28.3 Å². The van der Waals surface area contributed by atoms with Crippen LogP contribution in [0.25, 0.3) is 10.8 Å². The van der Waals surface area contributed by atoms with Crippen molar-refractivity contribution in [1.29, 1.82) is 0 Å². The zero-order chi connectivity index (χ0) is 12.9. The van der Waals surface area contributed by atoms with Crippen LogP contribution in [0.5, 0.6) is 0 Å². The summed E-state index contributed by atoms with van der Waals surface area (Å²) in [5.74, 6) is 0.615. The largest absolute Gasteiger partial charge is 0.117 e. The zero-order valence-electron chi connectivity index (χ0n) is 11.2. The second-order valence-corrected chi connectivity index (χ2v) is 6.69. The molecule has 0 aromatic heterocycles. The topological polar surface area (TPSA) is 0 Å². The number of halogens is 1. The highest BCUT2D eigenvalue weighted by atomic mass is 35.5. The molecule has 94 valence electrons. The van der Waals surface area contributed by atoms with E-state index in [0.29, 0.717) is 11.3 Å². The van der Waals surface area contributed by atoms with E-state index in [2.05, 4.69) is 57.2 Å². The van der Waals surface area contributed by atoms with Gasteiger partial charge in [0, 0.05) is 0 Å². The predicted octanol–water partition coefficient (Wildman–Crippen LogP) is 5.47. The minimum absolute atomic E-state index is 0.145. The van der Waals surface area contributed by atoms with Crippen molar-refractivity contribution in [2.75, 3.05) is 0 Å². The van der Waals surface area contributed by atoms with E-state index in [4.69, 9.17) is 11.6 Å². The molecule has 0 spiro atoms. The molecule has 0 saturated heterocycles. The number of fused-ring (bicyclic) bond motifs is 1. The highest BCUT2D eigenvalue weighted by Gasteiger charge is 2.50. The molecule has 1 fully saturated rings. The first-order valence-corrected chi connectivity index (χ1v) is 7.07. The van der Waals surface area contributed by atoms with E-state index < -0.39 is 0 Å². The Morgan fingerprint density at radius 3 is 2.50 bits per heavy atom. The molecule has 0 radical (unpaired) electrons. The van der Waals surface area contributed by atoms with Gasteiger partial charge in [-0.25, -0.2) is 0 Å². The Morgan fingerprint density at radius 2 is 1.83 bits per heavy atom. The Kier molecular flexibility index (Phi) is 2.67. The van der Waals surface area contributed by atoms with E-state index in [9.17, 15) is 0 Å². The van der Waals surface area contributed by atoms with E-state index >= 15 is 0 Å². The molecule has 2 atom stereocenters. The molecular formula is C17H19Cl. The number of hydrogen-bond donors (Lipinski definition) is 0. The maximum atomic E-state index is 6.77. The van der Waals surface area contributed by atoms with Gasteiger partial charge in [0.05, 0.1) is 5.38 Å². The Bertz CT molecular complexity index is 598. The fourth-order valence-corrected chi connectivity index (χ4v) is 3.70. The number of benzene rings is 2. The highest BCUT2D eigenvalue weighted by molar-refractivity contribution is 6.22. The summed E-state index contributed by atoms with van der Waals surface area (Å²) in [7, 11) is 0. The minimum atomic E-state index is 0.145. The number of alkyl halides is 1. The quantitative estimate of drug-likeness (QED) is 0.626. The van der Waals surface area contributed by atoms with Gasteiger partial charge < -0.3 is 0 Å². The summed E-state index contributed by atoms with van der Waals surface area (Å²) in [5, 5.41) is 2.76. The van der Waals surface area contributed by atoms with Crippen LogP contribution in [0.1, 0.15) is 36.8 Å². The molecule has 0 N–H and O–H groups in total. The molecule has 18 heavy (non-hydrogen) atoms. The summed E-state index contributed by atoms with van der Waals surface area (Å²) in [5.41, 5.74) is 3.07. The first-order valence-electron chi connectivity index (χ1n) is 6.63. The molecule has 0 aliphatic heterocycles. The fraction of sp³-hybridized carbons (Fsp3) is 0.412. The normalized spacial score (nSPS) is 23.0. The van der Waals surface area contributed by atoms with Crippen LogP contribution in [0.15, 0.2) is 36.4 Å². The van der Waals surface area contributed by atoms with Gasteiger partial charge in [-0.2, -0.15) is 0 Å². The summed E-state index contributed by atoms with van der Waals surface area (Å²) >= 11 is 6.77. The van der Waals surface area contributed by atoms with E-state index in [1.54, 1.807) is 0 Å². The Labute approximate surface area is 114 Å². The van der Waals surface area contributed by atoms with Gasteiger partial charge in [-0.05, 0) is 46.6 Å². The third-order valence-electron chi connectivity index (χ3n) is 4.41. The molecule has 1 saturated carbocycles. The molecule has 0 heterocycles. The Balaban J connectivity index is 2.13. The van der Waals surface area contributed by atoms with Gasteiger partial charge >= 0.3 is 0 Å². The molecular weight excluding hydrogens is 240 g/mol. The molecule has 2 aromatic carbocycles. The van der Waals surface area contributed by atoms with Crippen molar-refractivity contribution in [2.24, 2.45) is 11.3 Å². The van der Waals surface area contributed by atoms with Crippen LogP contribution in [0.2, 0.25) is 0 Å². The summed E-state index contributed by atoms with van der Waals surface area (Å²) in [4.78, 5) is 0. The lowest BCUT2D eigenvalue weighted by atomic mass is 9.93.